The number of carbonyl (C=O) groups excluding carboxylic acids is 3. The molecule has 152 valence electrons. The van der Waals surface area contributed by atoms with Crippen LogP contribution in [-0.2, 0) is 11.0 Å². The monoisotopic (exact) mass is 404 g/mol. The third-order valence-corrected chi connectivity index (χ3v) is 4.78. The molecule has 1 aliphatic rings. The van der Waals surface area contributed by atoms with Crippen LogP contribution >= 0.6 is 0 Å². The van der Waals surface area contributed by atoms with E-state index in [0.29, 0.717) is 16.7 Å². The molecule has 1 aliphatic heterocycles. The van der Waals surface area contributed by atoms with E-state index in [-0.39, 0.29) is 13.0 Å². The molecule has 1 N–H and O–H groups in total. The lowest BCUT2D eigenvalue weighted by Gasteiger charge is -2.18. The van der Waals surface area contributed by atoms with Gasteiger partial charge in [0.2, 0.25) is 5.91 Å². The molecule has 0 fully saturated rings. The zero-order chi connectivity index (χ0) is 21.3. The first kappa shape index (κ1) is 20.6. The molecule has 1 unspecified atom stereocenters. The highest BCUT2D eigenvalue weighted by atomic mass is 19.4. The summed E-state index contributed by atoms with van der Waals surface area (Å²) in [4.78, 5) is 38.0. The number of aryl methyl sites for hydroxylation is 1. The third kappa shape index (κ3) is 4.31. The molecule has 3 amide bonds. The average Bonchev–Trinajstić information content (AvgIpc) is 2.89. The van der Waals surface area contributed by atoms with Crippen molar-refractivity contribution in [3.63, 3.8) is 0 Å². The molecule has 8 heteroatoms. The summed E-state index contributed by atoms with van der Waals surface area (Å²) in [6, 6.07) is 9.01. The Hall–Kier alpha value is -3.16. The van der Waals surface area contributed by atoms with Crippen molar-refractivity contribution in [2.45, 2.75) is 32.5 Å². The van der Waals surface area contributed by atoms with Gasteiger partial charge in [0.15, 0.2) is 0 Å². The summed E-state index contributed by atoms with van der Waals surface area (Å²) in [5.74, 6) is -1.38. The Morgan fingerprint density at radius 2 is 1.76 bits per heavy atom. The van der Waals surface area contributed by atoms with Crippen molar-refractivity contribution in [3.05, 3.63) is 70.3 Å². The van der Waals surface area contributed by atoms with Crippen LogP contribution < -0.4 is 5.32 Å². The van der Waals surface area contributed by atoms with Gasteiger partial charge in [0.1, 0.15) is 0 Å². The number of halogens is 3. The van der Waals surface area contributed by atoms with E-state index in [2.05, 4.69) is 5.32 Å². The summed E-state index contributed by atoms with van der Waals surface area (Å²) < 4.78 is 38.5. The summed E-state index contributed by atoms with van der Waals surface area (Å²) in [7, 11) is 0. The minimum atomic E-state index is -4.47. The highest BCUT2D eigenvalue weighted by Gasteiger charge is 2.35. The smallest absolute Gasteiger partial charge is 0.350 e. The molecular formula is C21H19F3N2O3. The molecule has 0 saturated carbocycles. The first-order valence-corrected chi connectivity index (χ1v) is 9.01. The number of nitrogens with one attached hydrogen (secondary N) is 1. The first-order valence-electron chi connectivity index (χ1n) is 9.01. The topological polar surface area (TPSA) is 66.5 Å². The maximum Gasteiger partial charge on any atom is 0.416 e. The average molecular weight is 404 g/mol. The van der Waals surface area contributed by atoms with Crippen LogP contribution in [-0.4, -0.2) is 29.2 Å². The van der Waals surface area contributed by atoms with Gasteiger partial charge in [-0.15, -0.1) is 0 Å². The van der Waals surface area contributed by atoms with Crippen LogP contribution in [0.15, 0.2) is 42.5 Å². The van der Waals surface area contributed by atoms with Crippen LogP contribution in [0.5, 0.6) is 0 Å². The lowest BCUT2D eigenvalue weighted by Crippen LogP contribution is -2.35. The van der Waals surface area contributed by atoms with E-state index in [4.69, 9.17) is 0 Å². The van der Waals surface area contributed by atoms with Gasteiger partial charge >= 0.3 is 6.18 Å². The standard InChI is InChI=1S/C21H19F3N2O3/c1-12-6-7-16-17(10-12)20(29)26(19(16)28)9-8-18(27)25-13(2)14-4-3-5-15(11-14)21(22,23)24/h3-7,10-11,13H,8-9H2,1-2H3,(H,25,27). The minimum absolute atomic E-state index is 0.105. The van der Waals surface area contributed by atoms with E-state index in [1.165, 1.54) is 12.1 Å². The predicted octanol–water partition coefficient (Wildman–Crippen LogP) is 3.88. The van der Waals surface area contributed by atoms with Crippen molar-refractivity contribution >= 4 is 17.7 Å². The number of imide groups is 1. The summed E-state index contributed by atoms with van der Waals surface area (Å²) in [6.45, 7) is 3.27. The molecule has 0 saturated heterocycles. The van der Waals surface area contributed by atoms with Gasteiger partial charge < -0.3 is 5.32 Å². The Balaban J connectivity index is 1.61. The quantitative estimate of drug-likeness (QED) is 0.770. The van der Waals surface area contributed by atoms with Gasteiger partial charge in [-0.05, 0) is 43.7 Å². The van der Waals surface area contributed by atoms with Crippen LogP contribution in [0.1, 0.15) is 56.8 Å². The van der Waals surface area contributed by atoms with Crippen molar-refractivity contribution in [1.29, 1.82) is 0 Å². The van der Waals surface area contributed by atoms with Crippen LogP contribution in [0.4, 0.5) is 13.2 Å². The van der Waals surface area contributed by atoms with Crippen LogP contribution in [0.3, 0.4) is 0 Å². The van der Waals surface area contributed by atoms with Crippen molar-refractivity contribution in [2.75, 3.05) is 6.54 Å². The fraction of sp³-hybridized carbons (Fsp3) is 0.286. The molecule has 0 radical (unpaired) electrons. The van der Waals surface area contributed by atoms with Crippen molar-refractivity contribution in [3.8, 4) is 0 Å². The van der Waals surface area contributed by atoms with Crippen molar-refractivity contribution in [1.82, 2.24) is 10.2 Å². The molecule has 0 aliphatic carbocycles. The number of carbonyl (C=O) groups is 3. The molecule has 2 aromatic carbocycles. The molecule has 1 atom stereocenters. The molecule has 0 aromatic heterocycles. The highest BCUT2D eigenvalue weighted by molar-refractivity contribution is 6.21. The zero-order valence-electron chi connectivity index (χ0n) is 15.8. The van der Waals surface area contributed by atoms with Crippen molar-refractivity contribution in [2.24, 2.45) is 0 Å². The van der Waals surface area contributed by atoms with Gasteiger partial charge in [-0.1, -0.05) is 23.8 Å². The Morgan fingerprint density at radius 3 is 2.45 bits per heavy atom. The summed E-state index contributed by atoms with van der Waals surface area (Å²) in [5.41, 5.74) is 0.979. The number of rotatable bonds is 5. The van der Waals surface area contributed by atoms with E-state index >= 15 is 0 Å². The summed E-state index contributed by atoms with van der Waals surface area (Å²) in [6.07, 6.45) is -4.61. The number of nitrogens with zero attached hydrogens (tertiary/aromatic N) is 1. The maximum atomic E-state index is 12.8. The van der Waals surface area contributed by atoms with Gasteiger partial charge in [-0.2, -0.15) is 13.2 Å². The van der Waals surface area contributed by atoms with E-state index in [1.807, 2.05) is 6.92 Å². The second-order valence-electron chi connectivity index (χ2n) is 6.97. The Bertz CT molecular complexity index is 985. The number of amides is 3. The molecule has 0 spiro atoms. The van der Waals surface area contributed by atoms with Gasteiger partial charge in [-0.25, -0.2) is 0 Å². The zero-order valence-corrected chi connectivity index (χ0v) is 15.8. The molecule has 1 heterocycles. The Labute approximate surface area is 165 Å². The number of benzene rings is 2. The predicted molar refractivity (Wildman–Crippen MR) is 99.2 cm³/mol. The molecular weight excluding hydrogens is 385 g/mol. The Morgan fingerprint density at radius 1 is 1.07 bits per heavy atom. The molecule has 0 bridgehead atoms. The van der Waals surface area contributed by atoms with Crippen LogP contribution in [0, 0.1) is 6.92 Å². The lowest BCUT2D eigenvalue weighted by molar-refractivity contribution is -0.137. The first-order chi connectivity index (χ1) is 13.6. The minimum Gasteiger partial charge on any atom is -0.350 e. The van der Waals surface area contributed by atoms with Gasteiger partial charge in [0, 0.05) is 13.0 Å². The molecule has 5 nitrogen and oxygen atoms in total. The highest BCUT2D eigenvalue weighted by Crippen LogP contribution is 2.30. The Kier molecular flexibility index (Phi) is 5.46. The van der Waals surface area contributed by atoms with E-state index in [0.717, 1.165) is 22.6 Å². The molecule has 2 aromatic rings. The fourth-order valence-corrected chi connectivity index (χ4v) is 3.20. The number of fused-ring (bicyclic) bond motifs is 1. The second kappa shape index (κ2) is 7.69. The number of hydrogen-bond acceptors (Lipinski definition) is 3. The molecule has 3 rings (SSSR count). The van der Waals surface area contributed by atoms with Crippen LogP contribution in [0.25, 0.3) is 0 Å². The third-order valence-electron chi connectivity index (χ3n) is 4.78. The van der Waals surface area contributed by atoms with Crippen LogP contribution in [0.2, 0.25) is 0 Å². The van der Waals surface area contributed by atoms with Crippen molar-refractivity contribution < 1.29 is 27.6 Å². The summed E-state index contributed by atoms with van der Waals surface area (Å²) in [5, 5.41) is 2.60. The fourth-order valence-electron chi connectivity index (χ4n) is 3.20. The maximum absolute atomic E-state index is 12.8. The van der Waals surface area contributed by atoms with E-state index in [9.17, 15) is 27.6 Å². The van der Waals surface area contributed by atoms with E-state index < -0.39 is 35.5 Å². The second-order valence-corrected chi connectivity index (χ2v) is 6.97. The largest absolute Gasteiger partial charge is 0.416 e. The van der Waals surface area contributed by atoms with E-state index in [1.54, 1.807) is 25.1 Å². The number of hydrogen-bond donors (Lipinski definition) is 1. The number of alkyl halides is 3. The normalized spacial score (nSPS) is 14.7. The van der Waals surface area contributed by atoms with Gasteiger partial charge in [-0.3, -0.25) is 19.3 Å². The molecule has 29 heavy (non-hydrogen) atoms. The summed E-state index contributed by atoms with van der Waals surface area (Å²) >= 11 is 0. The van der Waals surface area contributed by atoms with Gasteiger partial charge in [0.25, 0.3) is 11.8 Å². The van der Waals surface area contributed by atoms with Gasteiger partial charge in [0.05, 0.1) is 22.7 Å². The lowest BCUT2D eigenvalue weighted by atomic mass is 10.0. The SMILES string of the molecule is Cc1ccc2c(c1)C(=O)N(CCC(=O)NC(C)c1cccc(C(F)(F)F)c1)C2=O.